The van der Waals surface area contributed by atoms with Gasteiger partial charge in [-0.1, -0.05) is 35.9 Å². The third-order valence-electron chi connectivity index (χ3n) is 2.34. The van der Waals surface area contributed by atoms with Gasteiger partial charge in [0.25, 0.3) is 0 Å². The van der Waals surface area contributed by atoms with Crippen molar-refractivity contribution in [3.05, 3.63) is 47.0 Å². The fourth-order valence-electron chi connectivity index (χ4n) is 1.30. The zero-order chi connectivity index (χ0) is 11.3. The number of hydrogen-bond donors (Lipinski definition) is 1. The summed E-state index contributed by atoms with van der Waals surface area (Å²) in [6.45, 7) is 3.68. The van der Waals surface area contributed by atoms with Crippen LogP contribution in [0.4, 0.5) is 0 Å². The minimum atomic E-state index is -0.834. The second-order valence-corrected chi connectivity index (χ2v) is 3.72. The lowest BCUT2D eigenvalue weighted by molar-refractivity contribution is -0.132. The Morgan fingerprint density at radius 3 is 2.47 bits per heavy atom. The first-order valence-corrected chi connectivity index (χ1v) is 5.05. The quantitative estimate of drug-likeness (QED) is 0.765. The normalized spacial score (nSPS) is 11.5. The molecule has 0 atom stereocenters. The van der Waals surface area contributed by atoms with Gasteiger partial charge in [0, 0.05) is 5.57 Å². The molecule has 0 saturated carbocycles. The van der Waals surface area contributed by atoms with E-state index in [-0.39, 0.29) is 0 Å². The molecule has 2 nitrogen and oxygen atoms in total. The summed E-state index contributed by atoms with van der Waals surface area (Å²) in [7, 11) is 0. The number of carbonyl (C=O) groups is 1. The van der Waals surface area contributed by atoms with E-state index in [2.05, 4.69) is 31.2 Å². The molecule has 0 bridgehead atoms. The Kier molecular flexibility index (Phi) is 4.10. The van der Waals surface area contributed by atoms with Crippen LogP contribution >= 0.6 is 0 Å². The molecule has 1 aromatic rings. The molecule has 1 N–H and O–H groups in total. The van der Waals surface area contributed by atoms with Crippen molar-refractivity contribution < 1.29 is 9.90 Å². The number of allylic oxidation sites excluding steroid dienone is 1. The van der Waals surface area contributed by atoms with Crippen molar-refractivity contribution in [2.45, 2.75) is 26.7 Å². The predicted octanol–water partition coefficient (Wildman–Crippen LogP) is 2.96. The van der Waals surface area contributed by atoms with Crippen molar-refractivity contribution in [2.24, 2.45) is 0 Å². The van der Waals surface area contributed by atoms with Gasteiger partial charge in [0.1, 0.15) is 0 Å². The highest BCUT2D eigenvalue weighted by atomic mass is 16.4. The van der Waals surface area contributed by atoms with E-state index in [0.29, 0.717) is 5.57 Å². The third-order valence-corrected chi connectivity index (χ3v) is 2.34. The van der Waals surface area contributed by atoms with E-state index in [0.717, 1.165) is 12.8 Å². The predicted molar refractivity (Wildman–Crippen MR) is 60.9 cm³/mol. The molecule has 1 aromatic carbocycles. The second kappa shape index (κ2) is 5.35. The second-order valence-electron chi connectivity index (χ2n) is 3.72. The van der Waals surface area contributed by atoms with Crippen molar-refractivity contribution in [2.75, 3.05) is 0 Å². The number of carboxylic acids is 1. The molecule has 0 spiro atoms. The van der Waals surface area contributed by atoms with Crippen LogP contribution in [0.3, 0.4) is 0 Å². The molecule has 80 valence electrons. The summed E-state index contributed by atoms with van der Waals surface area (Å²) in [6.07, 6.45) is 3.44. The zero-order valence-electron chi connectivity index (χ0n) is 9.16. The minimum absolute atomic E-state index is 0.419. The van der Waals surface area contributed by atoms with Gasteiger partial charge in [-0.05, 0) is 32.3 Å². The Morgan fingerprint density at radius 2 is 1.93 bits per heavy atom. The standard InChI is InChI=1S/C13H16O2/c1-10-6-8-12(9-7-10)5-3-4-11(2)13(14)15/h4,6-9H,3,5H2,1-2H3,(H,14,15). The molecule has 0 heterocycles. The highest BCUT2D eigenvalue weighted by Crippen LogP contribution is 2.07. The van der Waals surface area contributed by atoms with Gasteiger partial charge in [-0.2, -0.15) is 0 Å². The molecule has 0 aliphatic carbocycles. The maximum atomic E-state index is 10.5. The number of hydrogen-bond acceptors (Lipinski definition) is 1. The average molecular weight is 204 g/mol. The first-order valence-electron chi connectivity index (χ1n) is 5.05. The molecule has 2 heteroatoms. The molecule has 0 aliphatic rings. The van der Waals surface area contributed by atoms with Crippen molar-refractivity contribution in [3.63, 3.8) is 0 Å². The van der Waals surface area contributed by atoms with Gasteiger partial charge < -0.3 is 5.11 Å². The lowest BCUT2D eigenvalue weighted by Gasteiger charge is -1.99. The van der Waals surface area contributed by atoms with E-state index in [9.17, 15) is 4.79 Å². The van der Waals surface area contributed by atoms with Gasteiger partial charge in [0.05, 0.1) is 0 Å². The SMILES string of the molecule is CC(=CCCc1ccc(C)cc1)C(=O)O. The summed E-state index contributed by atoms with van der Waals surface area (Å²) in [5.41, 5.74) is 2.91. The Bertz CT molecular complexity index is 361. The largest absolute Gasteiger partial charge is 0.478 e. The van der Waals surface area contributed by atoms with Gasteiger partial charge in [-0.25, -0.2) is 4.79 Å². The van der Waals surface area contributed by atoms with Gasteiger partial charge in [0.15, 0.2) is 0 Å². The van der Waals surface area contributed by atoms with Gasteiger partial charge in [0.2, 0.25) is 0 Å². The van der Waals surface area contributed by atoms with Crippen LogP contribution in [0.15, 0.2) is 35.9 Å². The van der Waals surface area contributed by atoms with Crippen LogP contribution in [0.1, 0.15) is 24.5 Å². The van der Waals surface area contributed by atoms with E-state index in [4.69, 9.17) is 5.11 Å². The molecule has 0 fully saturated rings. The molecule has 0 radical (unpaired) electrons. The van der Waals surface area contributed by atoms with Crippen molar-refractivity contribution >= 4 is 5.97 Å². The fourth-order valence-corrected chi connectivity index (χ4v) is 1.30. The van der Waals surface area contributed by atoms with Crippen LogP contribution in [0.5, 0.6) is 0 Å². The highest BCUT2D eigenvalue weighted by molar-refractivity contribution is 5.85. The van der Waals surface area contributed by atoms with Crippen LogP contribution in [-0.2, 0) is 11.2 Å². The number of carboxylic acid groups (broad SMARTS) is 1. The molecular weight excluding hydrogens is 188 g/mol. The number of aryl methyl sites for hydroxylation is 2. The van der Waals surface area contributed by atoms with E-state index < -0.39 is 5.97 Å². The van der Waals surface area contributed by atoms with Crippen LogP contribution in [0, 0.1) is 6.92 Å². The van der Waals surface area contributed by atoms with Crippen LogP contribution < -0.4 is 0 Å². The molecule has 0 saturated heterocycles. The topological polar surface area (TPSA) is 37.3 Å². The summed E-state index contributed by atoms with van der Waals surface area (Å²) in [4.78, 5) is 10.5. The molecule has 0 amide bonds. The number of aliphatic carboxylic acids is 1. The smallest absolute Gasteiger partial charge is 0.330 e. The van der Waals surface area contributed by atoms with Crippen molar-refractivity contribution in [3.8, 4) is 0 Å². The van der Waals surface area contributed by atoms with E-state index in [1.165, 1.54) is 11.1 Å². The molecule has 15 heavy (non-hydrogen) atoms. The lowest BCUT2D eigenvalue weighted by Crippen LogP contribution is -1.96. The summed E-state index contributed by atoms with van der Waals surface area (Å²) < 4.78 is 0. The maximum Gasteiger partial charge on any atom is 0.330 e. The Balaban J connectivity index is 2.48. The highest BCUT2D eigenvalue weighted by Gasteiger charge is 1.98. The van der Waals surface area contributed by atoms with Gasteiger partial charge in [-0.15, -0.1) is 0 Å². The molecule has 1 rings (SSSR count). The fraction of sp³-hybridized carbons (Fsp3) is 0.308. The van der Waals surface area contributed by atoms with Crippen molar-refractivity contribution in [1.29, 1.82) is 0 Å². The van der Waals surface area contributed by atoms with E-state index in [1.807, 2.05) is 0 Å². The van der Waals surface area contributed by atoms with Crippen LogP contribution in [-0.4, -0.2) is 11.1 Å². The summed E-state index contributed by atoms with van der Waals surface area (Å²) in [5, 5.41) is 8.65. The Morgan fingerprint density at radius 1 is 1.33 bits per heavy atom. The first-order chi connectivity index (χ1) is 7.09. The zero-order valence-corrected chi connectivity index (χ0v) is 9.16. The van der Waals surface area contributed by atoms with E-state index in [1.54, 1.807) is 13.0 Å². The maximum absolute atomic E-state index is 10.5. The van der Waals surface area contributed by atoms with Crippen LogP contribution in [0.2, 0.25) is 0 Å². The summed E-state index contributed by atoms with van der Waals surface area (Å²) in [6, 6.07) is 8.31. The summed E-state index contributed by atoms with van der Waals surface area (Å²) in [5.74, 6) is -0.834. The third kappa shape index (κ3) is 3.98. The van der Waals surface area contributed by atoms with Gasteiger partial charge >= 0.3 is 5.97 Å². The molecular formula is C13H16O2. The van der Waals surface area contributed by atoms with Crippen LogP contribution in [0.25, 0.3) is 0 Å². The van der Waals surface area contributed by atoms with E-state index >= 15 is 0 Å². The monoisotopic (exact) mass is 204 g/mol. The molecule has 0 aromatic heterocycles. The molecule has 0 unspecified atom stereocenters. The Hall–Kier alpha value is -1.57. The lowest BCUT2D eigenvalue weighted by atomic mass is 10.1. The number of rotatable bonds is 4. The minimum Gasteiger partial charge on any atom is -0.478 e. The Labute approximate surface area is 90.3 Å². The number of benzene rings is 1. The van der Waals surface area contributed by atoms with Gasteiger partial charge in [-0.3, -0.25) is 0 Å². The summed E-state index contributed by atoms with van der Waals surface area (Å²) >= 11 is 0. The van der Waals surface area contributed by atoms with Crippen molar-refractivity contribution in [1.82, 2.24) is 0 Å². The average Bonchev–Trinajstić information content (AvgIpc) is 2.20. The first kappa shape index (κ1) is 11.5. The molecule has 0 aliphatic heterocycles.